The Labute approximate surface area is 136 Å². The molecule has 4 heteroatoms. The van der Waals surface area contributed by atoms with Crippen LogP contribution in [-0.4, -0.2) is 12.1 Å². The lowest BCUT2D eigenvalue weighted by molar-refractivity contribution is 0.0570. The van der Waals surface area contributed by atoms with Crippen LogP contribution in [0.1, 0.15) is 32.3 Å². The maximum Gasteiger partial charge on any atom is 0.145 e. The Hall–Kier alpha value is -2.23. The molecule has 3 nitrogen and oxygen atoms in total. The van der Waals surface area contributed by atoms with Crippen molar-refractivity contribution in [3.8, 4) is 5.75 Å². The van der Waals surface area contributed by atoms with Crippen molar-refractivity contribution >= 4 is 11.4 Å². The Bertz CT molecular complexity index is 698. The first kappa shape index (κ1) is 15.7. The van der Waals surface area contributed by atoms with Crippen LogP contribution in [-0.2, 0) is 6.54 Å². The quantitative estimate of drug-likeness (QED) is 0.852. The van der Waals surface area contributed by atoms with Crippen molar-refractivity contribution in [1.29, 1.82) is 0 Å². The molecule has 0 radical (unpaired) electrons. The minimum Gasteiger partial charge on any atom is -0.483 e. The highest BCUT2D eigenvalue weighted by Gasteiger charge is 2.37. The molecule has 2 aromatic rings. The summed E-state index contributed by atoms with van der Waals surface area (Å²) in [5.74, 6) is 0.617. The fourth-order valence-electron chi connectivity index (χ4n) is 3.16. The molecule has 0 bridgehead atoms. The first-order valence-corrected chi connectivity index (χ1v) is 8.14. The maximum atomic E-state index is 14.1. The van der Waals surface area contributed by atoms with E-state index in [9.17, 15) is 4.39 Å². The summed E-state index contributed by atoms with van der Waals surface area (Å²) in [6, 6.07) is 12.6. The van der Waals surface area contributed by atoms with Gasteiger partial charge in [0.2, 0.25) is 0 Å². The molecular formula is C19H23FN2O. The number of rotatable bonds is 4. The number of nitrogens with two attached hydrogens (primary N) is 1. The van der Waals surface area contributed by atoms with E-state index in [1.807, 2.05) is 30.3 Å². The number of nitrogen functional groups attached to an aromatic ring is 1. The third kappa shape index (κ3) is 2.98. The number of hydrogen-bond acceptors (Lipinski definition) is 3. The number of ether oxygens (including phenoxy) is 1. The normalized spacial score (nSPS) is 15.9. The van der Waals surface area contributed by atoms with Gasteiger partial charge in [0.05, 0.1) is 12.2 Å². The van der Waals surface area contributed by atoms with Crippen LogP contribution in [0.2, 0.25) is 0 Å². The van der Waals surface area contributed by atoms with Gasteiger partial charge in [-0.05, 0) is 31.0 Å². The van der Waals surface area contributed by atoms with Crippen LogP contribution in [0.15, 0.2) is 42.5 Å². The van der Waals surface area contributed by atoms with E-state index in [2.05, 4.69) is 18.7 Å². The SMILES string of the molecule is CCC1(CC)CN(Cc2ccccc2F)c2ccc(N)cc2O1. The molecule has 0 saturated heterocycles. The summed E-state index contributed by atoms with van der Waals surface area (Å²) in [5.41, 5.74) is 8.00. The Kier molecular flexibility index (Phi) is 4.16. The highest BCUT2D eigenvalue weighted by atomic mass is 19.1. The van der Waals surface area contributed by atoms with E-state index in [-0.39, 0.29) is 11.4 Å². The van der Waals surface area contributed by atoms with Gasteiger partial charge in [0, 0.05) is 23.9 Å². The summed E-state index contributed by atoms with van der Waals surface area (Å²) in [7, 11) is 0. The second-order valence-electron chi connectivity index (χ2n) is 6.17. The van der Waals surface area contributed by atoms with Crippen molar-refractivity contribution in [3.63, 3.8) is 0 Å². The third-order valence-corrected chi connectivity index (χ3v) is 4.74. The predicted molar refractivity (Wildman–Crippen MR) is 92.2 cm³/mol. The number of nitrogens with zero attached hydrogens (tertiary/aromatic N) is 1. The highest BCUT2D eigenvalue weighted by Crippen LogP contribution is 2.41. The van der Waals surface area contributed by atoms with Crippen LogP contribution in [0.4, 0.5) is 15.8 Å². The van der Waals surface area contributed by atoms with Crippen molar-refractivity contribution in [3.05, 3.63) is 53.8 Å². The number of halogens is 1. The summed E-state index contributed by atoms with van der Waals surface area (Å²) in [4.78, 5) is 2.20. The van der Waals surface area contributed by atoms with Gasteiger partial charge >= 0.3 is 0 Å². The van der Waals surface area contributed by atoms with Gasteiger partial charge in [-0.1, -0.05) is 32.0 Å². The van der Waals surface area contributed by atoms with Crippen molar-refractivity contribution in [2.75, 3.05) is 17.2 Å². The van der Waals surface area contributed by atoms with Gasteiger partial charge in [-0.3, -0.25) is 0 Å². The van der Waals surface area contributed by atoms with Gasteiger partial charge in [0.15, 0.2) is 0 Å². The van der Waals surface area contributed by atoms with E-state index < -0.39 is 0 Å². The number of hydrogen-bond donors (Lipinski definition) is 1. The van der Waals surface area contributed by atoms with Gasteiger partial charge in [0.25, 0.3) is 0 Å². The Morgan fingerprint density at radius 1 is 1.17 bits per heavy atom. The number of fused-ring (bicyclic) bond motifs is 1. The largest absolute Gasteiger partial charge is 0.483 e. The van der Waals surface area contributed by atoms with Crippen LogP contribution in [0.5, 0.6) is 5.75 Å². The van der Waals surface area contributed by atoms with E-state index in [1.54, 1.807) is 6.07 Å². The second-order valence-corrected chi connectivity index (χ2v) is 6.17. The molecule has 0 aromatic heterocycles. The lowest BCUT2D eigenvalue weighted by Crippen LogP contribution is -2.50. The summed E-state index contributed by atoms with van der Waals surface area (Å²) < 4.78 is 20.3. The van der Waals surface area contributed by atoms with Crippen molar-refractivity contribution in [2.45, 2.75) is 38.8 Å². The Balaban J connectivity index is 2.00. The summed E-state index contributed by atoms with van der Waals surface area (Å²) >= 11 is 0. The highest BCUT2D eigenvalue weighted by molar-refractivity contribution is 5.66. The molecule has 0 saturated carbocycles. The Morgan fingerprint density at radius 3 is 2.61 bits per heavy atom. The summed E-state index contributed by atoms with van der Waals surface area (Å²) in [5, 5.41) is 0. The first-order valence-electron chi connectivity index (χ1n) is 8.14. The van der Waals surface area contributed by atoms with Crippen molar-refractivity contribution in [2.24, 2.45) is 0 Å². The molecule has 0 unspecified atom stereocenters. The monoisotopic (exact) mass is 314 g/mol. The average molecular weight is 314 g/mol. The van der Waals surface area contributed by atoms with Crippen LogP contribution < -0.4 is 15.4 Å². The molecule has 23 heavy (non-hydrogen) atoms. The zero-order valence-electron chi connectivity index (χ0n) is 13.7. The third-order valence-electron chi connectivity index (χ3n) is 4.74. The van der Waals surface area contributed by atoms with E-state index >= 15 is 0 Å². The van der Waals surface area contributed by atoms with Crippen LogP contribution in [0.3, 0.4) is 0 Å². The maximum absolute atomic E-state index is 14.1. The van der Waals surface area contributed by atoms with Crippen molar-refractivity contribution < 1.29 is 9.13 Å². The molecule has 0 aliphatic carbocycles. The molecule has 0 amide bonds. The molecule has 0 atom stereocenters. The lowest BCUT2D eigenvalue weighted by atomic mass is 9.93. The van der Waals surface area contributed by atoms with E-state index in [0.717, 1.165) is 30.8 Å². The van der Waals surface area contributed by atoms with Crippen molar-refractivity contribution in [1.82, 2.24) is 0 Å². The van der Waals surface area contributed by atoms with Gasteiger partial charge in [-0.2, -0.15) is 0 Å². The van der Waals surface area contributed by atoms with Crippen LogP contribution >= 0.6 is 0 Å². The van der Waals surface area contributed by atoms with E-state index in [4.69, 9.17) is 10.5 Å². The lowest BCUT2D eigenvalue weighted by Gasteiger charge is -2.44. The molecule has 0 spiro atoms. The molecule has 122 valence electrons. The number of benzene rings is 2. The molecule has 2 N–H and O–H groups in total. The van der Waals surface area contributed by atoms with E-state index in [0.29, 0.717) is 17.8 Å². The van der Waals surface area contributed by atoms with Gasteiger partial charge < -0.3 is 15.4 Å². The standard InChI is InChI=1S/C19H23FN2O/c1-3-19(4-2)13-22(12-14-7-5-6-8-16(14)20)17-10-9-15(21)11-18(17)23-19/h5-11H,3-4,12-13,21H2,1-2H3. The minimum absolute atomic E-state index is 0.172. The fourth-order valence-corrected chi connectivity index (χ4v) is 3.16. The van der Waals surface area contributed by atoms with Gasteiger partial charge in [-0.15, -0.1) is 0 Å². The fraction of sp³-hybridized carbons (Fsp3) is 0.368. The topological polar surface area (TPSA) is 38.5 Å². The molecule has 2 aromatic carbocycles. The molecule has 1 aliphatic heterocycles. The average Bonchev–Trinajstić information content (AvgIpc) is 2.56. The smallest absolute Gasteiger partial charge is 0.145 e. The number of anilines is 2. The summed E-state index contributed by atoms with van der Waals surface area (Å²) in [6.45, 7) is 5.52. The van der Waals surface area contributed by atoms with Gasteiger partial charge in [0.1, 0.15) is 17.2 Å². The molecule has 0 fully saturated rings. The second kappa shape index (κ2) is 6.11. The molecule has 3 rings (SSSR count). The Morgan fingerprint density at radius 2 is 1.91 bits per heavy atom. The van der Waals surface area contributed by atoms with Crippen LogP contribution in [0, 0.1) is 5.82 Å². The zero-order chi connectivity index (χ0) is 16.4. The van der Waals surface area contributed by atoms with Gasteiger partial charge in [-0.25, -0.2) is 4.39 Å². The molecule has 1 heterocycles. The minimum atomic E-state index is -0.258. The molecular weight excluding hydrogens is 291 g/mol. The zero-order valence-corrected chi connectivity index (χ0v) is 13.7. The molecule has 1 aliphatic rings. The van der Waals surface area contributed by atoms with E-state index in [1.165, 1.54) is 6.07 Å². The summed E-state index contributed by atoms with van der Waals surface area (Å²) in [6.07, 6.45) is 1.79. The first-order chi connectivity index (χ1) is 11.1. The predicted octanol–water partition coefficient (Wildman–Crippen LogP) is 4.37. The van der Waals surface area contributed by atoms with Crippen LogP contribution in [0.25, 0.3) is 0 Å².